The molecular formula is C14H12N2OS. The van der Waals surface area contributed by atoms with E-state index in [1.165, 1.54) is 0 Å². The second-order valence-corrected chi connectivity index (χ2v) is 5.19. The van der Waals surface area contributed by atoms with Gasteiger partial charge in [-0.15, -0.1) is 11.3 Å². The number of fused-ring (bicyclic) bond motifs is 1. The predicted molar refractivity (Wildman–Crippen MR) is 73.1 cm³/mol. The van der Waals surface area contributed by atoms with Crippen molar-refractivity contribution in [3.8, 4) is 0 Å². The van der Waals surface area contributed by atoms with Crippen molar-refractivity contribution in [3.05, 3.63) is 57.8 Å². The lowest BCUT2D eigenvalue weighted by Crippen LogP contribution is -2.29. The average molecular weight is 256 g/mol. The number of benzene rings is 1. The quantitative estimate of drug-likeness (QED) is 0.848. The van der Waals surface area contributed by atoms with Crippen molar-refractivity contribution in [1.82, 2.24) is 0 Å². The minimum atomic E-state index is -0.750. The summed E-state index contributed by atoms with van der Waals surface area (Å²) in [6.07, 6.45) is -0.367. The molecule has 2 heterocycles. The topological polar surface area (TPSA) is 55.4 Å². The maximum absolute atomic E-state index is 11.8. The molecule has 1 unspecified atom stereocenters. The van der Waals surface area contributed by atoms with Crippen molar-refractivity contribution in [1.29, 1.82) is 0 Å². The van der Waals surface area contributed by atoms with Crippen LogP contribution in [0.2, 0.25) is 0 Å². The Balaban J connectivity index is 2.18. The van der Waals surface area contributed by atoms with Crippen molar-refractivity contribution >= 4 is 22.8 Å². The van der Waals surface area contributed by atoms with Gasteiger partial charge in [-0.1, -0.05) is 30.3 Å². The fourth-order valence-electron chi connectivity index (χ4n) is 2.06. The third kappa shape index (κ3) is 1.89. The number of rotatable bonds is 1. The van der Waals surface area contributed by atoms with Crippen LogP contribution in [0.1, 0.15) is 16.0 Å². The van der Waals surface area contributed by atoms with E-state index < -0.39 is 6.17 Å². The molecule has 18 heavy (non-hydrogen) atoms. The van der Waals surface area contributed by atoms with Crippen molar-refractivity contribution in [3.63, 3.8) is 0 Å². The van der Waals surface area contributed by atoms with E-state index in [2.05, 4.69) is 4.99 Å². The van der Waals surface area contributed by atoms with E-state index >= 15 is 0 Å². The van der Waals surface area contributed by atoms with Crippen molar-refractivity contribution in [2.24, 2.45) is 10.7 Å². The number of nitrogens with two attached hydrogens (primary N) is 1. The van der Waals surface area contributed by atoms with Crippen molar-refractivity contribution < 1.29 is 4.79 Å². The first kappa shape index (κ1) is 11.3. The minimum Gasteiger partial charge on any atom is -0.303 e. The number of aliphatic imine (C=N–C) groups is 1. The molecule has 2 aromatic rings. The largest absolute Gasteiger partial charge is 0.303 e. The predicted octanol–water partition coefficient (Wildman–Crippen LogP) is 2.00. The second kappa shape index (κ2) is 4.48. The zero-order valence-corrected chi connectivity index (χ0v) is 10.5. The highest BCUT2D eigenvalue weighted by molar-refractivity contribution is 7.10. The summed E-state index contributed by atoms with van der Waals surface area (Å²) in [6.45, 7) is 0. The van der Waals surface area contributed by atoms with Crippen LogP contribution in [0.3, 0.4) is 0 Å². The lowest BCUT2D eigenvalue weighted by molar-refractivity contribution is -0.119. The molecule has 3 nitrogen and oxygen atoms in total. The molecule has 0 bridgehead atoms. The molecule has 0 aliphatic carbocycles. The molecule has 0 radical (unpaired) electrons. The number of ketones is 1. The van der Waals surface area contributed by atoms with E-state index in [4.69, 9.17) is 5.73 Å². The summed E-state index contributed by atoms with van der Waals surface area (Å²) in [4.78, 5) is 17.3. The number of hydrogen-bond acceptors (Lipinski definition) is 4. The van der Waals surface area contributed by atoms with Crippen LogP contribution in [-0.4, -0.2) is 17.7 Å². The van der Waals surface area contributed by atoms with Crippen LogP contribution in [0.15, 0.2) is 46.8 Å². The highest BCUT2D eigenvalue weighted by atomic mass is 32.1. The SMILES string of the molecule is NC1N=C(c2ccccc2)c2ccsc2CC1=O. The smallest absolute Gasteiger partial charge is 0.176 e. The molecule has 0 saturated carbocycles. The summed E-state index contributed by atoms with van der Waals surface area (Å²) in [5.41, 5.74) is 8.67. The van der Waals surface area contributed by atoms with Gasteiger partial charge in [-0.25, -0.2) is 0 Å². The van der Waals surface area contributed by atoms with Gasteiger partial charge in [0, 0.05) is 22.4 Å². The van der Waals surface area contributed by atoms with Gasteiger partial charge in [-0.3, -0.25) is 9.79 Å². The van der Waals surface area contributed by atoms with Crippen LogP contribution < -0.4 is 5.73 Å². The maximum atomic E-state index is 11.8. The van der Waals surface area contributed by atoms with Gasteiger partial charge in [0.15, 0.2) is 11.9 Å². The Kier molecular flexibility index (Phi) is 2.81. The molecule has 3 rings (SSSR count). The molecule has 4 heteroatoms. The molecule has 1 aliphatic heterocycles. The third-order valence-electron chi connectivity index (χ3n) is 2.98. The Hall–Kier alpha value is -1.78. The number of nitrogens with zero attached hydrogens (tertiary/aromatic N) is 1. The van der Waals surface area contributed by atoms with Crippen LogP contribution in [0.4, 0.5) is 0 Å². The van der Waals surface area contributed by atoms with Gasteiger partial charge >= 0.3 is 0 Å². The zero-order chi connectivity index (χ0) is 12.5. The van der Waals surface area contributed by atoms with E-state index in [0.29, 0.717) is 6.42 Å². The van der Waals surface area contributed by atoms with Crippen LogP contribution in [0.5, 0.6) is 0 Å². The van der Waals surface area contributed by atoms with Gasteiger partial charge in [0.05, 0.1) is 5.71 Å². The van der Waals surface area contributed by atoms with E-state index in [9.17, 15) is 4.79 Å². The number of Topliss-reactive ketones (excluding diaryl/α,β-unsaturated/α-hetero) is 1. The van der Waals surface area contributed by atoms with E-state index in [0.717, 1.165) is 21.7 Å². The molecule has 1 aromatic carbocycles. The molecule has 90 valence electrons. The molecule has 0 spiro atoms. The van der Waals surface area contributed by atoms with Crippen LogP contribution >= 0.6 is 11.3 Å². The molecule has 1 aliphatic rings. The lowest BCUT2D eigenvalue weighted by Gasteiger charge is -2.06. The number of carbonyl (C=O) groups excluding carboxylic acids is 1. The van der Waals surface area contributed by atoms with Crippen LogP contribution in [-0.2, 0) is 11.2 Å². The zero-order valence-electron chi connectivity index (χ0n) is 9.67. The van der Waals surface area contributed by atoms with Gasteiger partial charge in [0.1, 0.15) is 0 Å². The number of carbonyl (C=O) groups is 1. The summed E-state index contributed by atoms with van der Waals surface area (Å²) in [5.74, 6) is -0.0235. The molecule has 0 amide bonds. The Morgan fingerprint density at radius 1 is 1.22 bits per heavy atom. The van der Waals surface area contributed by atoms with Crippen LogP contribution in [0.25, 0.3) is 0 Å². The fraction of sp³-hybridized carbons (Fsp3) is 0.143. The van der Waals surface area contributed by atoms with E-state index in [-0.39, 0.29) is 5.78 Å². The Labute approximate surface area is 109 Å². The standard InChI is InChI=1S/C14H12N2OS/c15-14-11(17)8-12-10(6-7-18-12)13(16-14)9-4-2-1-3-5-9/h1-7,14H,8,15H2. The number of thiophene rings is 1. The average Bonchev–Trinajstić information content (AvgIpc) is 2.80. The van der Waals surface area contributed by atoms with Gasteiger partial charge in [-0.2, -0.15) is 0 Å². The Morgan fingerprint density at radius 3 is 2.78 bits per heavy atom. The number of hydrogen-bond donors (Lipinski definition) is 1. The van der Waals surface area contributed by atoms with E-state index in [1.54, 1.807) is 11.3 Å². The normalized spacial score (nSPS) is 19.1. The first-order valence-corrected chi connectivity index (χ1v) is 6.62. The highest BCUT2D eigenvalue weighted by Gasteiger charge is 2.24. The van der Waals surface area contributed by atoms with E-state index in [1.807, 2.05) is 41.8 Å². The first-order chi connectivity index (χ1) is 8.75. The third-order valence-corrected chi connectivity index (χ3v) is 3.90. The lowest BCUT2D eigenvalue weighted by atomic mass is 10.0. The monoisotopic (exact) mass is 256 g/mol. The van der Waals surface area contributed by atoms with Gasteiger partial charge in [0.25, 0.3) is 0 Å². The summed E-state index contributed by atoms with van der Waals surface area (Å²) in [6, 6.07) is 11.9. The van der Waals surface area contributed by atoms with Gasteiger partial charge < -0.3 is 5.73 Å². The Bertz CT molecular complexity index is 616. The second-order valence-electron chi connectivity index (χ2n) is 4.19. The molecule has 0 saturated heterocycles. The molecule has 0 fully saturated rings. The van der Waals surface area contributed by atoms with Crippen molar-refractivity contribution in [2.45, 2.75) is 12.6 Å². The molecule has 1 atom stereocenters. The summed E-state index contributed by atoms with van der Waals surface area (Å²) in [5, 5.41) is 1.99. The van der Waals surface area contributed by atoms with Crippen molar-refractivity contribution in [2.75, 3.05) is 0 Å². The fourth-order valence-corrected chi connectivity index (χ4v) is 2.94. The van der Waals surface area contributed by atoms with Crippen LogP contribution in [0, 0.1) is 0 Å². The first-order valence-electron chi connectivity index (χ1n) is 5.74. The molecular weight excluding hydrogens is 244 g/mol. The molecule has 2 N–H and O–H groups in total. The summed E-state index contributed by atoms with van der Waals surface area (Å²) in [7, 11) is 0. The molecule has 1 aromatic heterocycles. The summed E-state index contributed by atoms with van der Waals surface area (Å²) < 4.78 is 0. The van der Waals surface area contributed by atoms with Gasteiger partial charge in [-0.05, 0) is 11.4 Å². The highest BCUT2D eigenvalue weighted by Crippen LogP contribution is 2.24. The minimum absolute atomic E-state index is 0.0235. The van der Waals surface area contributed by atoms with Gasteiger partial charge in [0.2, 0.25) is 0 Å². The maximum Gasteiger partial charge on any atom is 0.176 e. The summed E-state index contributed by atoms with van der Waals surface area (Å²) >= 11 is 1.59. The Morgan fingerprint density at radius 2 is 2.00 bits per heavy atom.